The van der Waals surface area contributed by atoms with Gasteiger partial charge in [0.25, 0.3) is 11.8 Å². The SMILES string of the molecule is Cc1cccc(OC(C)C(=O)NCCNC(=O)C(C)Oc2cccc(C)c2)c1. The largest absolute Gasteiger partial charge is 0.481 e. The topological polar surface area (TPSA) is 76.7 Å². The second-order valence-electron chi connectivity index (χ2n) is 6.74. The van der Waals surface area contributed by atoms with Crippen molar-refractivity contribution in [1.29, 1.82) is 0 Å². The minimum absolute atomic E-state index is 0.236. The zero-order chi connectivity index (χ0) is 20.5. The van der Waals surface area contributed by atoms with E-state index in [1.54, 1.807) is 13.8 Å². The highest BCUT2D eigenvalue weighted by Gasteiger charge is 2.16. The van der Waals surface area contributed by atoms with E-state index in [0.29, 0.717) is 24.6 Å². The Labute approximate surface area is 166 Å². The molecule has 0 saturated heterocycles. The van der Waals surface area contributed by atoms with Crippen molar-refractivity contribution in [1.82, 2.24) is 10.6 Å². The standard InChI is InChI=1S/C22H28N2O4/c1-15-7-5-9-19(13-15)27-17(3)21(25)23-11-12-24-22(26)18(4)28-20-10-6-8-16(2)14-20/h5-10,13-14,17-18H,11-12H2,1-4H3,(H,23,25)(H,24,26). The van der Waals surface area contributed by atoms with E-state index in [1.165, 1.54) is 0 Å². The molecule has 0 saturated carbocycles. The molecule has 2 atom stereocenters. The van der Waals surface area contributed by atoms with E-state index in [2.05, 4.69) is 10.6 Å². The number of aryl methyl sites for hydroxylation is 2. The van der Waals surface area contributed by atoms with E-state index in [4.69, 9.17) is 9.47 Å². The summed E-state index contributed by atoms with van der Waals surface area (Å²) >= 11 is 0. The summed E-state index contributed by atoms with van der Waals surface area (Å²) in [5.41, 5.74) is 2.13. The van der Waals surface area contributed by atoms with Crippen molar-refractivity contribution in [3.63, 3.8) is 0 Å². The van der Waals surface area contributed by atoms with Gasteiger partial charge in [-0.2, -0.15) is 0 Å². The second kappa shape index (κ2) is 10.3. The third kappa shape index (κ3) is 6.95. The normalized spacial score (nSPS) is 12.6. The Balaban J connectivity index is 1.68. The van der Waals surface area contributed by atoms with E-state index >= 15 is 0 Å². The monoisotopic (exact) mass is 384 g/mol. The lowest BCUT2D eigenvalue weighted by Gasteiger charge is -2.17. The van der Waals surface area contributed by atoms with Crippen LogP contribution in [0.4, 0.5) is 0 Å². The molecule has 150 valence electrons. The highest BCUT2D eigenvalue weighted by molar-refractivity contribution is 5.81. The summed E-state index contributed by atoms with van der Waals surface area (Å²) in [6, 6.07) is 15.1. The van der Waals surface area contributed by atoms with Crippen LogP contribution in [0, 0.1) is 13.8 Å². The Bertz CT molecular complexity index is 739. The van der Waals surface area contributed by atoms with Gasteiger partial charge < -0.3 is 20.1 Å². The fourth-order valence-corrected chi connectivity index (χ4v) is 2.55. The number of hydrogen-bond acceptors (Lipinski definition) is 4. The number of hydrogen-bond donors (Lipinski definition) is 2. The maximum Gasteiger partial charge on any atom is 0.260 e. The summed E-state index contributed by atoms with van der Waals surface area (Å²) in [4.78, 5) is 24.2. The van der Waals surface area contributed by atoms with Crippen LogP contribution in [0.15, 0.2) is 48.5 Å². The molecule has 2 unspecified atom stereocenters. The lowest BCUT2D eigenvalue weighted by molar-refractivity contribution is -0.129. The smallest absolute Gasteiger partial charge is 0.260 e. The molecule has 28 heavy (non-hydrogen) atoms. The fourth-order valence-electron chi connectivity index (χ4n) is 2.55. The Morgan fingerprint density at radius 1 is 0.786 bits per heavy atom. The van der Waals surface area contributed by atoms with Gasteiger partial charge in [-0.1, -0.05) is 24.3 Å². The molecule has 0 heterocycles. The third-order valence-electron chi connectivity index (χ3n) is 4.07. The fraction of sp³-hybridized carbons (Fsp3) is 0.364. The average Bonchev–Trinajstić information content (AvgIpc) is 2.64. The van der Waals surface area contributed by atoms with Crippen LogP contribution in [-0.2, 0) is 9.59 Å². The first-order valence-electron chi connectivity index (χ1n) is 9.37. The van der Waals surface area contributed by atoms with E-state index in [0.717, 1.165) is 11.1 Å². The van der Waals surface area contributed by atoms with Gasteiger partial charge in [-0.25, -0.2) is 0 Å². The maximum absolute atomic E-state index is 12.1. The summed E-state index contributed by atoms with van der Waals surface area (Å²) in [6.07, 6.45) is -1.25. The predicted octanol–water partition coefficient (Wildman–Crippen LogP) is 2.77. The molecule has 2 N–H and O–H groups in total. The highest BCUT2D eigenvalue weighted by atomic mass is 16.5. The van der Waals surface area contributed by atoms with Gasteiger partial charge in [0.15, 0.2) is 12.2 Å². The van der Waals surface area contributed by atoms with Gasteiger partial charge in [-0.05, 0) is 63.1 Å². The first-order valence-corrected chi connectivity index (χ1v) is 9.37. The van der Waals surface area contributed by atoms with Crippen LogP contribution in [0.2, 0.25) is 0 Å². The summed E-state index contributed by atoms with van der Waals surface area (Å²) in [7, 11) is 0. The molecule has 0 aromatic heterocycles. The molecule has 0 bridgehead atoms. The molecule has 2 aromatic carbocycles. The average molecular weight is 384 g/mol. The number of carbonyl (C=O) groups is 2. The van der Waals surface area contributed by atoms with Crippen molar-refractivity contribution in [2.45, 2.75) is 39.9 Å². The van der Waals surface area contributed by atoms with Crippen LogP contribution in [-0.4, -0.2) is 37.1 Å². The molecular weight excluding hydrogens is 356 g/mol. The van der Waals surface area contributed by atoms with Crippen LogP contribution in [0.5, 0.6) is 11.5 Å². The van der Waals surface area contributed by atoms with Crippen molar-refractivity contribution in [2.24, 2.45) is 0 Å². The van der Waals surface area contributed by atoms with Crippen LogP contribution in [0.25, 0.3) is 0 Å². The third-order valence-corrected chi connectivity index (χ3v) is 4.07. The number of ether oxygens (including phenoxy) is 2. The van der Waals surface area contributed by atoms with Gasteiger partial charge in [-0.3, -0.25) is 9.59 Å². The minimum Gasteiger partial charge on any atom is -0.481 e. The van der Waals surface area contributed by atoms with Crippen molar-refractivity contribution in [2.75, 3.05) is 13.1 Å². The molecule has 6 heteroatoms. The van der Waals surface area contributed by atoms with E-state index in [-0.39, 0.29) is 11.8 Å². The molecule has 0 fully saturated rings. The number of carbonyl (C=O) groups excluding carboxylic acids is 2. The molecular formula is C22H28N2O4. The highest BCUT2D eigenvalue weighted by Crippen LogP contribution is 2.15. The number of nitrogens with one attached hydrogen (secondary N) is 2. The first kappa shape index (κ1) is 21.3. The van der Waals surface area contributed by atoms with Crippen molar-refractivity contribution in [3.8, 4) is 11.5 Å². The zero-order valence-electron chi connectivity index (χ0n) is 16.8. The molecule has 0 spiro atoms. The van der Waals surface area contributed by atoms with Crippen LogP contribution >= 0.6 is 0 Å². The summed E-state index contributed by atoms with van der Waals surface area (Å²) in [5, 5.41) is 5.50. The van der Waals surface area contributed by atoms with Gasteiger partial charge in [0.05, 0.1) is 0 Å². The first-order chi connectivity index (χ1) is 13.3. The molecule has 2 rings (SSSR count). The predicted molar refractivity (Wildman–Crippen MR) is 109 cm³/mol. The lowest BCUT2D eigenvalue weighted by atomic mass is 10.2. The van der Waals surface area contributed by atoms with Crippen LogP contribution < -0.4 is 20.1 Å². The Morgan fingerprint density at radius 3 is 1.54 bits per heavy atom. The summed E-state index contributed by atoms with van der Waals surface area (Å²) in [5.74, 6) is 0.829. The van der Waals surface area contributed by atoms with Crippen molar-refractivity contribution in [3.05, 3.63) is 59.7 Å². The molecule has 6 nitrogen and oxygen atoms in total. The van der Waals surface area contributed by atoms with Gasteiger partial charge in [-0.15, -0.1) is 0 Å². The molecule has 0 aliphatic rings. The Kier molecular flexibility index (Phi) is 7.87. The quantitative estimate of drug-likeness (QED) is 0.652. The molecule has 0 aliphatic carbocycles. The summed E-state index contributed by atoms with van der Waals surface area (Å²) in [6.45, 7) is 7.92. The zero-order valence-corrected chi connectivity index (χ0v) is 16.8. The lowest BCUT2D eigenvalue weighted by Crippen LogP contribution is -2.43. The van der Waals surface area contributed by atoms with Crippen LogP contribution in [0.3, 0.4) is 0 Å². The van der Waals surface area contributed by atoms with Gasteiger partial charge in [0.2, 0.25) is 0 Å². The maximum atomic E-state index is 12.1. The van der Waals surface area contributed by atoms with E-state index < -0.39 is 12.2 Å². The van der Waals surface area contributed by atoms with Gasteiger partial charge >= 0.3 is 0 Å². The number of benzene rings is 2. The van der Waals surface area contributed by atoms with Crippen molar-refractivity contribution < 1.29 is 19.1 Å². The second-order valence-corrected chi connectivity index (χ2v) is 6.74. The molecule has 0 aliphatic heterocycles. The van der Waals surface area contributed by atoms with E-state index in [9.17, 15) is 9.59 Å². The van der Waals surface area contributed by atoms with Gasteiger partial charge in [0, 0.05) is 13.1 Å². The van der Waals surface area contributed by atoms with Gasteiger partial charge in [0.1, 0.15) is 11.5 Å². The molecule has 0 radical (unpaired) electrons. The number of rotatable bonds is 9. The van der Waals surface area contributed by atoms with Crippen LogP contribution in [0.1, 0.15) is 25.0 Å². The van der Waals surface area contributed by atoms with Crippen molar-refractivity contribution >= 4 is 11.8 Å². The minimum atomic E-state index is -0.624. The molecule has 2 aromatic rings. The molecule has 2 amide bonds. The summed E-state index contributed by atoms with van der Waals surface area (Å²) < 4.78 is 11.3. The Morgan fingerprint density at radius 2 is 1.18 bits per heavy atom. The Hall–Kier alpha value is -3.02. The van der Waals surface area contributed by atoms with E-state index in [1.807, 2.05) is 62.4 Å². The number of amides is 2.